The van der Waals surface area contributed by atoms with Crippen LogP contribution in [0.25, 0.3) is 0 Å². The largest absolute Gasteiger partial charge is 0.494 e. The van der Waals surface area contributed by atoms with Crippen LogP contribution in [0.5, 0.6) is 11.5 Å². The summed E-state index contributed by atoms with van der Waals surface area (Å²) in [7, 11) is 0. The Kier molecular flexibility index (Phi) is 8.34. The van der Waals surface area contributed by atoms with E-state index in [9.17, 15) is 4.79 Å². The van der Waals surface area contributed by atoms with Crippen LogP contribution < -0.4 is 14.8 Å². The van der Waals surface area contributed by atoms with E-state index in [4.69, 9.17) is 9.47 Å². The van der Waals surface area contributed by atoms with Crippen LogP contribution in [0.3, 0.4) is 0 Å². The van der Waals surface area contributed by atoms with Crippen LogP contribution in [0.2, 0.25) is 0 Å². The number of carbonyl (C=O) groups is 1. The molecule has 0 spiro atoms. The zero-order valence-corrected chi connectivity index (χ0v) is 19.8. The van der Waals surface area contributed by atoms with Gasteiger partial charge in [-0.1, -0.05) is 52.3 Å². The molecule has 156 valence electrons. The number of halogens is 2. The van der Waals surface area contributed by atoms with Crippen molar-refractivity contribution in [1.82, 2.24) is 0 Å². The van der Waals surface area contributed by atoms with Gasteiger partial charge < -0.3 is 14.8 Å². The lowest BCUT2D eigenvalue weighted by molar-refractivity contribution is -0.118. The van der Waals surface area contributed by atoms with Gasteiger partial charge >= 0.3 is 0 Å². The number of benzene rings is 3. The third kappa shape index (κ3) is 6.89. The molecule has 4 nitrogen and oxygen atoms in total. The highest BCUT2D eigenvalue weighted by Crippen LogP contribution is 2.32. The summed E-state index contributed by atoms with van der Waals surface area (Å²) in [5.74, 6) is 1.16. The van der Waals surface area contributed by atoms with Gasteiger partial charge in [-0.15, -0.1) is 0 Å². The summed E-state index contributed by atoms with van der Waals surface area (Å²) >= 11 is 6.90. The van der Waals surface area contributed by atoms with Gasteiger partial charge in [-0.05, 0) is 71.1 Å². The highest BCUT2D eigenvalue weighted by atomic mass is 79.9. The van der Waals surface area contributed by atoms with Crippen LogP contribution in [0.1, 0.15) is 17.5 Å². The Hall–Kier alpha value is -2.31. The molecule has 3 aromatic carbocycles. The van der Waals surface area contributed by atoms with Gasteiger partial charge in [0, 0.05) is 16.2 Å². The predicted octanol–water partition coefficient (Wildman–Crippen LogP) is 6.55. The molecule has 0 heterocycles. The average molecular weight is 533 g/mol. The highest BCUT2D eigenvalue weighted by Gasteiger charge is 2.10. The minimum atomic E-state index is -0.231. The first-order valence-corrected chi connectivity index (χ1v) is 11.2. The fourth-order valence-electron chi connectivity index (χ4n) is 2.98. The Morgan fingerprint density at radius 3 is 2.53 bits per heavy atom. The lowest BCUT2D eigenvalue weighted by Crippen LogP contribution is -2.20. The topological polar surface area (TPSA) is 47.6 Å². The van der Waals surface area contributed by atoms with E-state index in [2.05, 4.69) is 49.3 Å². The van der Waals surface area contributed by atoms with Crippen LogP contribution in [0.4, 0.5) is 5.69 Å². The monoisotopic (exact) mass is 531 g/mol. The van der Waals surface area contributed by atoms with E-state index in [1.807, 2.05) is 61.5 Å². The van der Waals surface area contributed by atoms with Crippen LogP contribution >= 0.6 is 31.9 Å². The number of hydrogen-bond acceptors (Lipinski definition) is 3. The summed E-state index contributed by atoms with van der Waals surface area (Å²) in [4.78, 5) is 12.3. The number of amides is 1. The van der Waals surface area contributed by atoms with Crippen LogP contribution in [0, 0.1) is 6.92 Å². The Balaban J connectivity index is 1.47. The van der Waals surface area contributed by atoms with Crippen molar-refractivity contribution in [2.24, 2.45) is 0 Å². The predicted molar refractivity (Wildman–Crippen MR) is 127 cm³/mol. The van der Waals surface area contributed by atoms with E-state index in [-0.39, 0.29) is 12.5 Å². The summed E-state index contributed by atoms with van der Waals surface area (Å²) < 4.78 is 13.3. The lowest BCUT2D eigenvalue weighted by atomic mass is 10.1. The van der Waals surface area contributed by atoms with Crippen molar-refractivity contribution in [2.45, 2.75) is 19.8 Å². The van der Waals surface area contributed by atoms with Crippen molar-refractivity contribution in [2.75, 3.05) is 18.5 Å². The molecule has 1 amide bonds. The van der Waals surface area contributed by atoms with Crippen LogP contribution in [0.15, 0.2) is 75.7 Å². The minimum Gasteiger partial charge on any atom is -0.494 e. The molecule has 0 fully saturated rings. The van der Waals surface area contributed by atoms with Crippen molar-refractivity contribution in [3.8, 4) is 11.5 Å². The molecule has 0 aliphatic rings. The van der Waals surface area contributed by atoms with Crippen molar-refractivity contribution in [1.29, 1.82) is 0 Å². The first kappa shape index (κ1) is 22.4. The number of nitrogens with one attached hydrogen (secondary N) is 1. The molecule has 0 atom stereocenters. The molecule has 0 radical (unpaired) electrons. The SMILES string of the molecule is Cc1cc(Br)cc(Br)c1OCC(=O)Nc1cccc(OCCCc2ccccc2)c1. The third-order valence-electron chi connectivity index (χ3n) is 4.38. The number of hydrogen-bond donors (Lipinski definition) is 1. The summed E-state index contributed by atoms with van der Waals surface area (Å²) in [5, 5.41) is 2.85. The summed E-state index contributed by atoms with van der Waals surface area (Å²) in [6.07, 6.45) is 1.90. The van der Waals surface area contributed by atoms with E-state index in [0.29, 0.717) is 18.0 Å². The third-order valence-corrected chi connectivity index (χ3v) is 5.43. The van der Waals surface area contributed by atoms with E-state index < -0.39 is 0 Å². The number of aryl methyl sites for hydroxylation is 2. The van der Waals surface area contributed by atoms with Gasteiger partial charge in [0.15, 0.2) is 6.61 Å². The Morgan fingerprint density at radius 2 is 1.77 bits per heavy atom. The van der Waals surface area contributed by atoms with Gasteiger partial charge in [-0.2, -0.15) is 0 Å². The van der Waals surface area contributed by atoms with Gasteiger partial charge in [-0.3, -0.25) is 4.79 Å². The lowest BCUT2D eigenvalue weighted by Gasteiger charge is -2.12. The van der Waals surface area contributed by atoms with E-state index in [1.54, 1.807) is 0 Å². The summed E-state index contributed by atoms with van der Waals surface area (Å²) in [5.41, 5.74) is 2.92. The molecule has 0 aliphatic heterocycles. The Bertz CT molecular complexity index is 970. The maximum atomic E-state index is 12.3. The van der Waals surface area contributed by atoms with Crippen LogP contribution in [-0.4, -0.2) is 19.1 Å². The quantitative estimate of drug-likeness (QED) is 0.318. The molecule has 1 N–H and O–H groups in total. The number of ether oxygens (including phenoxy) is 2. The van der Waals surface area contributed by atoms with E-state index >= 15 is 0 Å². The minimum absolute atomic E-state index is 0.0801. The fourth-order valence-corrected chi connectivity index (χ4v) is 4.53. The zero-order valence-electron chi connectivity index (χ0n) is 16.7. The molecule has 3 aromatic rings. The number of anilines is 1. The standard InChI is InChI=1S/C24H23Br2NO3/c1-17-13-19(25)14-22(26)24(17)30-16-23(28)27-20-10-5-11-21(15-20)29-12-6-9-18-7-3-2-4-8-18/h2-5,7-8,10-11,13-15H,6,9,12,16H2,1H3,(H,27,28). The molecule has 6 heteroatoms. The molecule has 3 rings (SSSR count). The first-order chi connectivity index (χ1) is 14.5. The first-order valence-electron chi connectivity index (χ1n) is 9.66. The van der Waals surface area contributed by atoms with Crippen LogP contribution in [-0.2, 0) is 11.2 Å². The van der Waals surface area contributed by atoms with Gasteiger partial charge in [0.1, 0.15) is 11.5 Å². The second-order valence-corrected chi connectivity index (χ2v) is 8.61. The van der Waals surface area contributed by atoms with Gasteiger partial charge in [0.05, 0.1) is 11.1 Å². The fraction of sp³-hybridized carbons (Fsp3) is 0.208. The second-order valence-electron chi connectivity index (χ2n) is 6.84. The van der Waals surface area contributed by atoms with Crippen molar-refractivity contribution in [3.05, 3.63) is 86.8 Å². The average Bonchev–Trinajstić information content (AvgIpc) is 2.71. The molecule has 30 heavy (non-hydrogen) atoms. The molecule has 0 aromatic heterocycles. The molecule has 0 saturated heterocycles. The Labute approximate surface area is 193 Å². The zero-order chi connectivity index (χ0) is 21.3. The maximum absolute atomic E-state index is 12.3. The summed E-state index contributed by atoms with van der Waals surface area (Å²) in [6, 6.07) is 21.6. The molecule has 0 saturated carbocycles. The van der Waals surface area contributed by atoms with Gasteiger partial charge in [0.2, 0.25) is 0 Å². The molecular formula is C24H23Br2NO3. The molecule has 0 unspecified atom stereocenters. The van der Waals surface area contributed by atoms with Crippen molar-refractivity contribution < 1.29 is 14.3 Å². The highest BCUT2D eigenvalue weighted by molar-refractivity contribution is 9.11. The van der Waals surface area contributed by atoms with Crippen molar-refractivity contribution >= 4 is 43.5 Å². The van der Waals surface area contributed by atoms with Gasteiger partial charge in [-0.25, -0.2) is 0 Å². The number of rotatable bonds is 9. The molecule has 0 bridgehead atoms. The normalized spacial score (nSPS) is 10.5. The number of carbonyl (C=O) groups excluding carboxylic acids is 1. The van der Waals surface area contributed by atoms with Crippen molar-refractivity contribution in [3.63, 3.8) is 0 Å². The maximum Gasteiger partial charge on any atom is 0.262 e. The molecule has 0 aliphatic carbocycles. The van der Waals surface area contributed by atoms with E-state index in [0.717, 1.165) is 33.1 Å². The van der Waals surface area contributed by atoms with E-state index in [1.165, 1.54) is 5.56 Å². The van der Waals surface area contributed by atoms with Gasteiger partial charge in [0.25, 0.3) is 5.91 Å². The summed E-state index contributed by atoms with van der Waals surface area (Å²) in [6.45, 7) is 2.47. The Morgan fingerprint density at radius 1 is 0.967 bits per heavy atom. The smallest absolute Gasteiger partial charge is 0.262 e. The molecular weight excluding hydrogens is 510 g/mol. The second kappa shape index (κ2) is 11.2.